The monoisotopic (exact) mass is 191 g/mol. The molecule has 2 aliphatic rings. The summed E-state index contributed by atoms with van der Waals surface area (Å²) in [6.45, 7) is 1.97. The van der Waals surface area contributed by atoms with Gasteiger partial charge in [0.05, 0.1) is 6.26 Å². The Hall–Kier alpha value is -1.18. The molecule has 2 nitrogen and oxygen atoms in total. The lowest BCUT2D eigenvalue weighted by Gasteiger charge is -2.37. The molecular weight excluding hydrogens is 174 g/mol. The first-order valence-corrected chi connectivity index (χ1v) is 5.32. The molecule has 1 atom stereocenters. The highest BCUT2D eigenvalue weighted by Crippen LogP contribution is 2.32. The summed E-state index contributed by atoms with van der Waals surface area (Å²) in [6, 6.07) is 0. The molecule has 2 rings (SSSR count). The average Bonchev–Trinajstić information content (AvgIpc) is 2.26. The molecule has 0 aromatic rings. The molecule has 14 heavy (non-hydrogen) atoms. The molecule has 1 unspecified atom stereocenters. The van der Waals surface area contributed by atoms with Crippen LogP contribution in [-0.4, -0.2) is 23.1 Å². The molecule has 1 fully saturated rings. The summed E-state index contributed by atoms with van der Waals surface area (Å²) in [5.41, 5.74) is 1.46. The smallest absolute Gasteiger partial charge is 0.0769 e. The topological polar surface area (TPSA) is 23.5 Å². The molecule has 76 valence electrons. The summed E-state index contributed by atoms with van der Waals surface area (Å²) in [7, 11) is 0. The SMILES string of the molecule is OC=CCN1CCCC2CC=CC=C21. The van der Waals surface area contributed by atoms with Gasteiger partial charge in [0.1, 0.15) is 0 Å². The number of hydrogen-bond donors (Lipinski definition) is 1. The Morgan fingerprint density at radius 2 is 2.50 bits per heavy atom. The minimum Gasteiger partial charge on any atom is -0.516 e. The van der Waals surface area contributed by atoms with Gasteiger partial charge in [0, 0.05) is 24.7 Å². The largest absolute Gasteiger partial charge is 0.516 e. The van der Waals surface area contributed by atoms with Crippen LogP contribution in [0.5, 0.6) is 0 Å². The number of nitrogens with zero attached hydrogens (tertiary/aromatic N) is 1. The molecule has 1 aliphatic carbocycles. The first kappa shape index (κ1) is 9.38. The number of allylic oxidation sites excluding steroid dienone is 4. The number of likely N-dealkylation sites (tertiary alicyclic amines) is 1. The van der Waals surface area contributed by atoms with Gasteiger partial charge in [-0.2, -0.15) is 0 Å². The highest BCUT2D eigenvalue weighted by atomic mass is 16.2. The molecule has 1 aliphatic heterocycles. The van der Waals surface area contributed by atoms with Gasteiger partial charge in [-0.05, 0) is 31.4 Å². The van der Waals surface area contributed by atoms with E-state index in [4.69, 9.17) is 5.11 Å². The number of aliphatic hydroxyl groups is 1. The van der Waals surface area contributed by atoms with E-state index in [1.54, 1.807) is 0 Å². The Morgan fingerprint density at radius 1 is 1.57 bits per heavy atom. The maximum atomic E-state index is 8.65. The van der Waals surface area contributed by atoms with Crippen LogP contribution in [0.1, 0.15) is 19.3 Å². The van der Waals surface area contributed by atoms with Crippen LogP contribution in [0.3, 0.4) is 0 Å². The maximum absolute atomic E-state index is 8.65. The molecule has 1 saturated heterocycles. The molecule has 0 bridgehead atoms. The number of rotatable bonds is 2. The second-order valence-corrected chi connectivity index (χ2v) is 3.93. The van der Waals surface area contributed by atoms with Crippen molar-refractivity contribution < 1.29 is 5.11 Å². The number of piperidine rings is 1. The van der Waals surface area contributed by atoms with Crippen LogP contribution in [0, 0.1) is 5.92 Å². The van der Waals surface area contributed by atoms with E-state index in [1.165, 1.54) is 25.0 Å². The van der Waals surface area contributed by atoms with Gasteiger partial charge < -0.3 is 10.0 Å². The second-order valence-electron chi connectivity index (χ2n) is 3.93. The second kappa shape index (κ2) is 4.36. The zero-order valence-electron chi connectivity index (χ0n) is 8.39. The quantitative estimate of drug-likeness (QED) is 0.678. The zero-order valence-corrected chi connectivity index (χ0v) is 8.39. The zero-order chi connectivity index (χ0) is 9.80. The van der Waals surface area contributed by atoms with Gasteiger partial charge in [-0.15, -0.1) is 0 Å². The number of aliphatic hydroxyl groups excluding tert-OH is 1. The third kappa shape index (κ3) is 1.84. The Kier molecular flexibility index (Phi) is 2.92. The van der Waals surface area contributed by atoms with Crippen molar-refractivity contribution in [2.75, 3.05) is 13.1 Å². The third-order valence-corrected chi connectivity index (χ3v) is 3.02. The average molecular weight is 191 g/mol. The summed E-state index contributed by atoms with van der Waals surface area (Å²) in [5.74, 6) is 0.723. The Labute approximate surface area is 85.2 Å². The Morgan fingerprint density at radius 3 is 3.36 bits per heavy atom. The lowest BCUT2D eigenvalue weighted by Crippen LogP contribution is -2.33. The standard InChI is InChI=1S/C12H17NO/c14-10-4-9-13-8-3-6-11-5-1-2-7-12(11)13/h1-2,4,7,10-11,14H,3,5-6,8-9H2. The van der Waals surface area contributed by atoms with Gasteiger partial charge in [-0.25, -0.2) is 0 Å². The van der Waals surface area contributed by atoms with Crippen molar-refractivity contribution in [3.8, 4) is 0 Å². The van der Waals surface area contributed by atoms with Crippen LogP contribution in [0.25, 0.3) is 0 Å². The Balaban J connectivity index is 2.08. The highest BCUT2D eigenvalue weighted by molar-refractivity contribution is 5.22. The van der Waals surface area contributed by atoms with Crippen molar-refractivity contribution in [2.45, 2.75) is 19.3 Å². The molecule has 1 N–H and O–H groups in total. The summed E-state index contributed by atoms with van der Waals surface area (Å²) < 4.78 is 0. The first-order chi connectivity index (χ1) is 6.92. The number of fused-ring (bicyclic) bond motifs is 1. The van der Waals surface area contributed by atoms with Crippen molar-refractivity contribution in [3.05, 3.63) is 36.3 Å². The summed E-state index contributed by atoms with van der Waals surface area (Å²) in [5, 5.41) is 8.65. The lowest BCUT2D eigenvalue weighted by molar-refractivity contribution is 0.258. The van der Waals surface area contributed by atoms with Crippen LogP contribution < -0.4 is 0 Å². The molecule has 2 heteroatoms. The molecule has 0 amide bonds. The summed E-state index contributed by atoms with van der Waals surface area (Å²) in [4.78, 5) is 2.37. The normalized spacial score (nSPS) is 26.4. The van der Waals surface area contributed by atoms with Crippen LogP contribution in [0.4, 0.5) is 0 Å². The van der Waals surface area contributed by atoms with Crippen molar-refractivity contribution in [1.29, 1.82) is 0 Å². The van der Waals surface area contributed by atoms with Crippen LogP contribution in [-0.2, 0) is 0 Å². The fourth-order valence-electron chi connectivity index (χ4n) is 2.32. The van der Waals surface area contributed by atoms with Crippen molar-refractivity contribution in [3.63, 3.8) is 0 Å². The van der Waals surface area contributed by atoms with E-state index >= 15 is 0 Å². The van der Waals surface area contributed by atoms with Gasteiger partial charge >= 0.3 is 0 Å². The summed E-state index contributed by atoms with van der Waals surface area (Å²) in [6.07, 6.45) is 13.3. The van der Waals surface area contributed by atoms with E-state index < -0.39 is 0 Å². The van der Waals surface area contributed by atoms with Crippen molar-refractivity contribution in [2.24, 2.45) is 5.92 Å². The lowest BCUT2D eigenvalue weighted by atomic mass is 9.88. The predicted molar refractivity (Wildman–Crippen MR) is 57.9 cm³/mol. The van der Waals surface area contributed by atoms with Crippen LogP contribution >= 0.6 is 0 Å². The molecule has 0 aromatic heterocycles. The molecule has 0 spiro atoms. The maximum Gasteiger partial charge on any atom is 0.0769 e. The van der Waals surface area contributed by atoms with E-state index in [-0.39, 0.29) is 0 Å². The summed E-state index contributed by atoms with van der Waals surface area (Å²) >= 11 is 0. The molecule has 1 heterocycles. The van der Waals surface area contributed by atoms with Gasteiger partial charge in [0.15, 0.2) is 0 Å². The minimum absolute atomic E-state index is 0.723. The molecule has 0 aromatic carbocycles. The van der Waals surface area contributed by atoms with E-state index in [0.717, 1.165) is 25.3 Å². The van der Waals surface area contributed by atoms with E-state index in [2.05, 4.69) is 23.1 Å². The third-order valence-electron chi connectivity index (χ3n) is 3.02. The van der Waals surface area contributed by atoms with Gasteiger partial charge in [-0.1, -0.05) is 12.2 Å². The fourth-order valence-corrected chi connectivity index (χ4v) is 2.32. The van der Waals surface area contributed by atoms with Crippen LogP contribution in [0.15, 0.2) is 36.3 Å². The number of hydrogen-bond acceptors (Lipinski definition) is 2. The Bertz CT molecular complexity index is 278. The van der Waals surface area contributed by atoms with Crippen molar-refractivity contribution >= 4 is 0 Å². The first-order valence-electron chi connectivity index (χ1n) is 5.32. The van der Waals surface area contributed by atoms with Gasteiger partial charge in [0.25, 0.3) is 0 Å². The van der Waals surface area contributed by atoms with Gasteiger partial charge in [0.2, 0.25) is 0 Å². The van der Waals surface area contributed by atoms with Crippen LogP contribution in [0.2, 0.25) is 0 Å². The molecule has 0 radical (unpaired) electrons. The predicted octanol–water partition coefficient (Wildman–Crippen LogP) is 2.61. The van der Waals surface area contributed by atoms with Gasteiger partial charge in [-0.3, -0.25) is 0 Å². The van der Waals surface area contributed by atoms with Crippen molar-refractivity contribution in [1.82, 2.24) is 4.90 Å². The van der Waals surface area contributed by atoms with E-state index in [0.29, 0.717) is 0 Å². The van der Waals surface area contributed by atoms with E-state index in [1.807, 2.05) is 6.08 Å². The minimum atomic E-state index is 0.723. The molecule has 0 saturated carbocycles. The van der Waals surface area contributed by atoms with E-state index in [9.17, 15) is 0 Å². The highest BCUT2D eigenvalue weighted by Gasteiger charge is 2.24. The fraction of sp³-hybridized carbons (Fsp3) is 0.500. The molecular formula is C12H17NO.